The zero-order valence-corrected chi connectivity index (χ0v) is 17.7. The Kier molecular flexibility index (Phi) is 4.57. The van der Waals surface area contributed by atoms with Gasteiger partial charge in [-0.2, -0.15) is 0 Å². The maximum Gasteiger partial charge on any atom is 0.187 e. The van der Waals surface area contributed by atoms with Gasteiger partial charge >= 0.3 is 0 Å². The highest BCUT2D eigenvalue weighted by molar-refractivity contribution is 5.15. The molecule has 1 saturated heterocycles. The van der Waals surface area contributed by atoms with Crippen LogP contribution in [-0.2, 0) is 9.47 Å². The van der Waals surface area contributed by atoms with Crippen molar-refractivity contribution >= 4 is 0 Å². The first-order valence-electron chi connectivity index (χ1n) is 10.8. The van der Waals surface area contributed by atoms with Gasteiger partial charge in [0, 0.05) is 0 Å². The molecule has 3 aliphatic carbocycles. The normalized spacial score (nSPS) is 59.7. The molecule has 3 saturated carbocycles. The number of aliphatic hydroxyl groups is 3. The summed E-state index contributed by atoms with van der Waals surface area (Å²) in [7, 11) is 0. The number of ether oxygens (including phenoxy) is 2. The fraction of sp³-hybridized carbons (Fsp3) is 1.00. The van der Waals surface area contributed by atoms with E-state index in [1.807, 2.05) is 0 Å². The van der Waals surface area contributed by atoms with Crippen LogP contribution in [0.1, 0.15) is 67.2 Å². The maximum atomic E-state index is 10.6. The maximum absolute atomic E-state index is 10.6. The summed E-state index contributed by atoms with van der Waals surface area (Å²) < 4.78 is 12.4. The minimum Gasteiger partial charge on any atom is -0.387 e. The van der Waals surface area contributed by atoms with E-state index in [2.05, 4.69) is 27.7 Å². The molecular formula is C22H38O5. The van der Waals surface area contributed by atoms with Crippen LogP contribution >= 0.6 is 0 Å². The molecule has 156 valence electrons. The lowest BCUT2D eigenvalue weighted by atomic mass is 9.74. The highest BCUT2D eigenvalue weighted by atomic mass is 16.7. The number of fused-ring (bicyclic) bond motifs is 3. The summed E-state index contributed by atoms with van der Waals surface area (Å²) >= 11 is 0. The Morgan fingerprint density at radius 2 is 1.63 bits per heavy atom. The van der Waals surface area contributed by atoms with Crippen molar-refractivity contribution in [3.05, 3.63) is 0 Å². The van der Waals surface area contributed by atoms with Gasteiger partial charge in [-0.1, -0.05) is 27.2 Å². The predicted octanol–water partition coefficient (Wildman–Crippen LogP) is 2.71. The van der Waals surface area contributed by atoms with Crippen LogP contribution < -0.4 is 0 Å². The van der Waals surface area contributed by atoms with Gasteiger partial charge < -0.3 is 24.8 Å². The number of aliphatic hydroxyl groups excluding tert-OH is 2. The quantitative estimate of drug-likeness (QED) is 0.684. The highest BCUT2D eigenvalue weighted by Crippen LogP contribution is 2.71. The van der Waals surface area contributed by atoms with E-state index in [0.29, 0.717) is 23.2 Å². The lowest BCUT2D eigenvalue weighted by Crippen LogP contribution is -2.65. The summed E-state index contributed by atoms with van der Waals surface area (Å²) in [6.45, 7) is 12.6. The second kappa shape index (κ2) is 6.15. The summed E-state index contributed by atoms with van der Waals surface area (Å²) in [5.74, 6) is 3.35. The lowest BCUT2D eigenvalue weighted by Gasteiger charge is -2.49. The molecule has 4 fully saturated rings. The number of rotatable bonds is 2. The molecule has 0 amide bonds. The fourth-order valence-electron chi connectivity index (χ4n) is 6.93. The molecule has 3 N–H and O–H groups in total. The smallest absolute Gasteiger partial charge is 0.187 e. The minimum atomic E-state index is -1.49. The Balaban J connectivity index is 1.57. The van der Waals surface area contributed by atoms with Crippen molar-refractivity contribution in [2.75, 3.05) is 0 Å². The average Bonchev–Trinajstić information content (AvgIpc) is 2.95. The molecule has 4 aliphatic rings. The van der Waals surface area contributed by atoms with Crippen molar-refractivity contribution in [1.82, 2.24) is 0 Å². The highest BCUT2D eigenvalue weighted by Gasteiger charge is 2.67. The van der Waals surface area contributed by atoms with Crippen molar-refractivity contribution in [2.24, 2.45) is 35.0 Å². The Hall–Kier alpha value is -0.200. The second-order valence-corrected chi connectivity index (χ2v) is 11.0. The van der Waals surface area contributed by atoms with Crippen molar-refractivity contribution in [3.8, 4) is 0 Å². The van der Waals surface area contributed by atoms with Crippen LogP contribution in [0.4, 0.5) is 0 Å². The van der Waals surface area contributed by atoms with Gasteiger partial charge in [0.25, 0.3) is 0 Å². The van der Waals surface area contributed by atoms with Gasteiger partial charge in [0.15, 0.2) is 6.29 Å². The number of hydrogen-bond donors (Lipinski definition) is 3. The van der Waals surface area contributed by atoms with Gasteiger partial charge in [-0.05, 0) is 75.0 Å². The molecule has 0 aromatic heterocycles. The van der Waals surface area contributed by atoms with E-state index in [9.17, 15) is 15.3 Å². The standard InChI is InChI=1S/C22H38O5/c1-11-7-8-13-15(11)16-14(20(16,3)4)9-10-21(13,5)27-19-17(23)18(24)22(6,25)12(2)26-19/h11-19,23-25H,7-10H2,1-6H3/t11?,12?,13-,14+,15+,16+,17?,18?,19?,21-,22?/m0/s1. The molecule has 11 atom stereocenters. The van der Waals surface area contributed by atoms with Crippen molar-refractivity contribution in [1.29, 1.82) is 0 Å². The SMILES string of the molecule is CC1CC[C@H]2[C@@H]1[C@H]1[C@@H](CC[C@]2(C)OC2OC(C)C(C)(O)C(O)C2O)C1(C)C. The van der Waals surface area contributed by atoms with Gasteiger partial charge in [0.1, 0.15) is 17.8 Å². The summed E-state index contributed by atoms with van der Waals surface area (Å²) in [5.41, 5.74) is -1.42. The molecule has 0 spiro atoms. The van der Waals surface area contributed by atoms with Crippen LogP contribution in [0.2, 0.25) is 0 Å². The summed E-state index contributed by atoms with van der Waals surface area (Å²) in [5, 5.41) is 31.4. The zero-order valence-electron chi connectivity index (χ0n) is 17.7. The third kappa shape index (κ3) is 2.83. The van der Waals surface area contributed by atoms with E-state index in [0.717, 1.165) is 31.1 Å². The average molecular weight is 383 g/mol. The van der Waals surface area contributed by atoms with E-state index in [-0.39, 0.29) is 5.60 Å². The first-order chi connectivity index (χ1) is 12.4. The van der Waals surface area contributed by atoms with E-state index >= 15 is 0 Å². The first kappa shape index (κ1) is 20.1. The minimum absolute atomic E-state index is 0.368. The summed E-state index contributed by atoms with van der Waals surface area (Å²) in [4.78, 5) is 0. The van der Waals surface area contributed by atoms with Gasteiger partial charge in [-0.25, -0.2) is 0 Å². The summed E-state index contributed by atoms with van der Waals surface area (Å²) in [6, 6.07) is 0. The lowest BCUT2D eigenvalue weighted by molar-refractivity contribution is -0.346. The molecule has 5 nitrogen and oxygen atoms in total. The molecule has 27 heavy (non-hydrogen) atoms. The van der Waals surface area contributed by atoms with Crippen molar-refractivity contribution in [3.63, 3.8) is 0 Å². The first-order valence-corrected chi connectivity index (χ1v) is 10.8. The summed E-state index contributed by atoms with van der Waals surface area (Å²) in [6.07, 6.45) is 0.437. The van der Waals surface area contributed by atoms with Gasteiger partial charge in [-0.3, -0.25) is 0 Å². The van der Waals surface area contributed by atoms with Crippen LogP contribution in [0.25, 0.3) is 0 Å². The Morgan fingerprint density at radius 1 is 0.963 bits per heavy atom. The Labute approximate surface area is 163 Å². The number of hydrogen-bond acceptors (Lipinski definition) is 5. The molecule has 0 bridgehead atoms. The molecule has 6 unspecified atom stereocenters. The zero-order chi connectivity index (χ0) is 19.9. The monoisotopic (exact) mass is 382 g/mol. The fourth-order valence-corrected chi connectivity index (χ4v) is 6.93. The van der Waals surface area contributed by atoms with Crippen LogP contribution in [0.5, 0.6) is 0 Å². The molecule has 0 radical (unpaired) electrons. The molecule has 1 aliphatic heterocycles. The van der Waals surface area contributed by atoms with Crippen molar-refractivity contribution in [2.45, 2.75) is 103 Å². The molecule has 4 rings (SSSR count). The van der Waals surface area contributed by atoms with E-state index in [1.54, 1.807) is 6.92 Å². The van der Waals surface area contributed by atoms with Crippen LogP contribution in [-0.4, -0.2) is 51.1 Å². The Morgan fingerprint density at radius 3 is 2.30 bits per heavy atom. The topological polar surface area (TPSA) is 79.2 Å². The van der Waals surface area contributed by atoms with E-state index in [4.69, 9.17) is 9.47 Å². The molecular weight excluding hydrogens is 344 g/mol. The third-order valence-corrected chi connectivity index (χ3v) is 9.09. The predicted molar refractivity (Wildman–Crippen MR) is 102 cm³/mol. The van der Waals surface area contributed by atoms with Crippen LogP contribution in [0.15, 0.2) is 0 Å². The molecule has 0 aromatic rings. The van der Waals surface area contributed by atoms with E-state index in [1.165, 1.54) is 13.3 Å². The molecule has 1 heterocycles. The third-order valence-electron chi connectivity index (χ3n) is 9.09. The molecule has 5 heteroatoms. The Bertz CT molecular complexity index is 589. The van der Waals surface area contributed by atoms with Gasteiger partial charge in [-0.15, -0.1) is 0 Å². The second-order valence-electron chi connectivity index (χ2n) is 11.0. The van der Waals surface area contributed by atoms with Crippen LogP contribution in [0.3, 0.4) is 0 Å². The van der Waals surface area contributed by atoms with Crippen LogP contribution in [0, 0.1) is 35.0 Å². The largest absolute Gasteiger partial charge is 0.387 e. The van der Waals surface area contributed by atoms with Crippen molar-refractivity contribution < 1.29 is 24.8 Å². The molecule has 0 aromatic carbocycles. The van der Waals surface area contributed by atoms with E-state index < -0.39 is 30.2 Å². The van der Waals surface area contributed by atoms with Gasteiger partial charge in [0.2, 0.25) is 0 Å². The van der Waals surface area contributed by atoms with Gasteiger partial charge in [0.05, 0.1) is 11.7 Å².